The summed E-state index contributed by atoms with van der Waals surface area (Å²) < 4.78 is 6.91. The van der Waals surface area contributed by atoms with E-state index in [4.69, 9.17) is 16.2 Å². The van der Waals surface area contributed by atoms with Gasteiger partial charge in [0.2, 0.25) is 0 Å². The summed E-state index contributed by atoms with van der Waals surface area (Å²) in [5, 5.41) is 1.12. The number of nitrogens with two attached hydrogens (primary N) is 2. The molecule has 1 aliphatic carbocycles. The van der Waals surface area contributed by atoms with Gasteiger partial charge in [-0.2, -0.15) is 0 Å². The predicted molar refractivity (Wildman–Crippen MR) is 148 cm³/mol. The molecule has 8 heteroatoms. The normalized spacial score (nSPS) is 17.8. The zero-order valence-electron chi connectivity index (χ0n) is 21.2. The van der Waals surface area contributed by atoms with Crippen LogP contribution in [0.2, 0.25) is 0 Å². The summed E-state index contributed by atoms with van der Waals surface area (Å²) in [5.41, 5.74) is 12.1. The third-order valence-corrected chi connectivity index (χ3v) is 7.79. The minimum atomic E-state index is 0.103. The summed E-state index contributed by atoms with van der Waals surface area (Å²) in [7, 11) is 3.94. The third kappa shape index (κ3) is 7.21. The Morgan fingerprint density at radius 2 is 1.72 bits per heavy atom. The van der Waals surface area contributed by atoms with Gasteiger partial charge in [0.05, 0.1) is 4.88 Å². The van der Waals surface area contributed by atoms with Crippen molar-refractivity contribution in [2.45, 2.75) is 32.2 Å². The molecule has 36 heavy (non-hydrogen) atoms. The Morgan fingerprint density at radius 1 is 1.03 bits per heavy atom. The number of hydrogen-bond acceptors (Lipinski definition) is 5. The topological polar surface area (TPSA) is 97.2 Å². The maximum Gasteiger partial charge on any atom is 0.264 e. The van der Waals surface area contributed by atoms with E-state index in [9.17, 15) is 4.79 Å². The molecule has 1 aliphatic rings. The van der Waals surface area contributed by atoms with Crippen molar-refractivity contribution in [3.8, 4) is 5.75 Å². The number of fused-ring (bicyclic) bond motifs is 1. The molecule has 0 atom stereocenters. The number of benzene rings is 2. The summed E-state index contributed by atoms with van der Waals surface area (Å²) in [5.74, 6) is 2.09. The first-order chi connectivity index (χ1) is 17.4. The van der Waals surface area contributed by atoms with E-state index >= 15 is 0 Å². The fourth-order valence-electron chi connectivity index (χ4n) is 4.72. The van der Waals surface area contributed by atoms with E-state index in [-0.39, 0.29) is 11.9 Å². The van der Waals surface area contributed by atoms with Crippen molar-refractivity contribution in [2.75, 3.05) is 33.9 Å². The second-order valence-electron chi connectivity index (χ2n) is 9.98. The monoisotopic (exact) mass is 507 g/mol. The van der Waals surface area contributed by atoms with E-state index in [1.54, 1.807) is 11.3 Å². The lowest BCUT2D eigenvalue weighted by Crippen LogP contribution is -2.36. The first-order valence-electron chi connectivity index (χ1n) is 12.6. The minimum Gasteiger partial charge on any atom is -0.478 e. The Balaban J connectivity index is 1.46. The summed E-state index contributed by atoms with van der Waals surface area (Å²) in [6.45, 7) is 2.55. The van der Waals surface area contributed by atoms with Crippen LogP contribution in [0.25, 0.3) is 10.1 Å². The van der Waals surface area contributed by atoms with E-state index in [1.807, 2.05) is 54.2 Å². The lowest BCUT2D eigenvalue weighted by molar-refractivity contribution is 0.0696. The number of carbonyl (C=O) groups excluding carboxylic acids is 1. The van der Waals surface area contributed by atoms with Gasteiger partial charge in [-0.15, -0.1) is 11.3 Å². The first kappa shape index (κ1) is 26.0. The molecule has 2 aromatic carbocycles. The highest BCUT2D eigenvalue weighted by Gasteiger charge is 2.26. The molecule has 192 valence electrons. The van der Waals surface area contributed by atoms with Gasteiger partial charge in [0.1, 0.15) is 12.5 Å². The molecular formula is C28H37N5O2S. The quantitative estimate of drug-likeness (QED) is 0.239. The lowest BCUT2D eigenvalue weighted by Gasteiger charge is -2.32. The summed E-state index contributed by atoms with van der Waals surface area (Å²) >= 11 is 1.57. The summed E-state index contributed by atoms with van der Waals surface area (Å²) in [4.78, 5) is 22.7. The molecule has 0 unspecified atom stereocenters. The first-order valence-corrected chi connectivity index (χ1v) is 13.4. The van der Waals surface area contributed by atoms with Crippen LogP contribution in [0, 0.1) is 11.8 Å². The van der Waals surface area contributed by atoms with Gasteiger partial charge in [-0.3, -0.25) is 14.7 Å². The molecule has 1 fully saturated rings. The van der Waals surface area contributed by atoms with Crippen LogP contribution in [-0.2, 0) is 6.54 Å². The molecule has 1 aromatic heterocycles. The molecular weight excluding hydrogens is 470 g/mol. The lowest BCUT2D eigenvalue weighted by atomic mass is 9.81. The van der Waals surface area contributed by atoms with Crippen LogP contribution >= 0.6 is 11.3 Å². The fraction of sp³-hybridized carbons (Fsp3) is 0.429. The summed E-state index contributed by atoms with van der Waals surface area (Å²) in [6.07, 6.45) is 4.34. The highest BCUT2D eigenvalue weighted by molar-refractivity contribution is 7.20. The fourth-order valence-corrected chi connectivity index (χ4v) is 5.75. The van der Waals surface area contributed by atoms with E-state index in [1.165, 1.54) is 0 Å². The van der Waals surface area contributed by atoms with Crippen LogP contribution in [0.4, 0.5) is 0 Å². The Kier molecular flexibility index (Phi) is 8.83. The van der Waals surface area contributed by atoms with Crippen molar-refractivity contribution in [1.82, 2.24) is 9.80 Å². The van der Waals surface area contributed by atoms with Crippen molar-refractivity contribution < 1.29 is 9.53 Å². The van der Waals surface area contributed by atoms with Crippen molar-refractivity contribution in [1.29, 1.82) is 0 Å². The number of aliphatic imine (C=N–C) groups is 1. The summed E-state index contributed by atoms with van der Waals surface area (Å²) in [6, 6.07) is 18.3. The second-order valence-corrected chi connectivity index (χ2v) is 11.1. The number of rotatable bonds is 10. The Labute approximate surface area is 217 Å². The zero-order valence-corrected chi connectivity index (χ0v) is 22.0. The number of guanidine groups is 1. The zero-order chi connectivity index (χ0) is 25.5. The average Bonchev–Trinajstić information content (AvgIpc) is 3.31. The Morgan fingerprint density at radius 3 is 2.39 bits per heavy atom. The van der Waals surface area contributed by atoms with Crippen LogP contribution in [-0.4, -0.2) is 55.6 Å². The maximum absolute atomic E-state index is 13.7. The molecule has 0 bridgehead atoms. The maximum atomic E-state index is 13.7. The highest BCUT2D eigenvalue weighted by atomic mass is 32.1. The Bertz CT molecular complexity index is 1130. The van der Waals surface area contributed by atoms with E-state index < -0.39 is 0 Å². The van der Waals surface area contributed by atoms with Gasteiger partial charge in [0.15, 0.2) is 5.96 Å². The second kappa shape index (κ2) is 12.2. The van der Waals surface area contributed by atoms with Crippen molar-refractivity contribution >= 4 is 33.3 Å². The molecule has 3 aromatic rings. The van der Waals surface area contributed by atoms with Gasteiger partial charge in [-0.25, -0.2) is 0 Å². The number of carbonyl (C=O) groups is 1. The molecule has 1 heterocycles. The SMILES string of the molecule is CN(C)COc1ccc(CN(CC2CCC(CN=C(N)N)CC2)C(=O)c2cc3ccccc3s2)cc1. The average molecular weight is 508 g/mol. The van der Waals surface area contributed by atoms with Crippen LogP contribution in [0.5, 0.6) is 5.75 Å². The van der Waals surface area contributed by atoms with E-state index in [0.717, 1.165) is 58.5 Å². The molecule has 4 rings (SSSR count). The van der Waals surface area contributed by atoms with E-state index in [2.05, 4.69) is 29.3 Å². The van der Waals surface area contributed by atoms with E-state index in [0.29, 0.717) is 31.7 Å². The third-order valence-electron chi connectivity index (χ3n) is 6.69. The Hall–Kier alpha value is -3.10. The number of ether oxygens (including phenoxy) is 1. The van der Waals surface area contributed by atoms with Gasteiger partial charge >= 0.3 is 0 Å². The number of thiophene rings is 1. The van der Waals surface area contributed by atoms with Crippen molar-refractivity contribution in [2.24, 2.45) is 28.3 Å². The molecule has 0 spiro atoms. The van der Waals surface area contributed by atoms with Crippen molar-refractivity contribution in [3.63, 3.8) is 0 Å². The van der Waals surface area contributed by atoms with Crippen LogP contribution in [0.3, 0.4) is 0 Å². The molecule has 4 N–H and O–H groups in total. The van der Waals surface area contributed by atoms with Gasteiger partial charge in [-0.05, 0) is 86.8 Å². The number of amides is 1. The minimum absolute atomic E-state index is 0.103. The van der Waals surface area contributed by atoms with Gasteiger partial charge < -0.3 is 21.1 Å². The molecule has 7 nitrogen and oxygen atoms in total. The molecule has 0 saturated heterocycles. The van der Waals surface area contributed by atoms with Crippen LogP contribution < -0.4 is 16.2 Å². The van der Waals surface area contributed by atoms with Gasteiger partial charge in [0.25, 0.3) is 5.91 Å². The van der Waals surface area contributed by atoms with Crippen LogP contribution in [0.15, 0.2) is 59.6 Å². The molecule has 0 radical (unpaired) electrons. The number of hydrogen-bond donors (Lipinski definition) is 2. The van der Waals surface area contributed by atoms with Crippen LogP contribution in [0.1, 0.15) is 40.9 Å². The molecule has 1 amide bonds. The van der Waals surface area contributed by atoms with Gasteiger partial charge in [0, 0.05) is 24.3 Å². The molecule has 0 aliphatic heterocycles. The standard InChI is InChI=1S/C28H37N5O2S/c1-32(2)19-35-24-13-11-22(12-14-24)18-33(17-21-9-7-20(8-10-21)16-31-28(29)30)27(34)26-15-23-5-3-4-6-25(23)36-26/h3-6,11-15,20-21H,7-10,16-19H2,1-2H3,(H4,29,30,31). The van der Waals surface area contributed by atoms with Crippen molar-refractivity contribution in [3.05, 3.63) is 65.0 Å². The predicted octanol–water partition coefficient (Wildman–Crippen LogP) is 4.52. The van der Waals surface area contributed by atoms with Gasteiger partial charge in [-0.1, -0.05) is 30.3 Å². The largest absolute Gasteiger partial charge is 0.478 e. The highest BCUT2D eigenvalue weighted by Crippen LogP contribution is 2.32. The smallest absolute Gasteiger partial charge is 0.264 e. The number of nitrogens with zero attached hydrogens (tertiary/aromatic N) is 3. The molecule has 1 saturated carbocycles.